The third-order valence-electron chi connectivity index (χ3n) is 5.81. The quantitative estimate of drug-likeness (QED) is 0.721. The fraction of sp³-hybridized carbons (Fsp3) is 0.682. The maximum absolute atomic E-state index is 12.5. The number of nitrogens with one attached hydrogen (secondary N) is 2. The van der Waals surface area contributed by atoms with Crippen LogP contribution in [0.2, 0.25) is 0 Å². The predicted octanol–water partition coefficient (Wildman–Crippen LogP) is 3.45. The molecule has 0 spiro atoms. The first-order chi connectivity index (χ1) is 13.8. The van der Waals surface area contributed by atoms with E-state index in [1.807, 2.05) is 31.7 Å². The number of hydrogen-bond acceptors (Lipinski definition) is 4. The molecule has 1 aromatic rings. The molecule has 7 heteroatoms. The number of likely N-dealkylation sites (tertiary alicyclic amines) is 1. The van der Waals surface area contributed by atoms with Gasteiger partial charge in [-0.05, 0) is 50.2 Å². The number of carbonyl (C=O) groups excluding carboxylic acids is 3. The number of hydrogen-bond donors (Lipinski definition) is 2. The van der Waals surface area contributed by atoms with E-state index in [0.29, 0.717) is 30.8 Å². The van der Waals surface area contributed by atoms with Crippen molar-refractivity contribution in [3.63, 3.8) is 0 Å². The maximum atomic E-state index is 12.5. The van der Waals surface area contributed by atoms with Crippen molar-refractivity contribution in [2.75, 3.05) is 13.1 Å². The summed E-state index contributed by atoms with van der Waals surface area (Å²) in [5, 5.41) is 0. The van der Waals surface area contributed by atoms with Crippen molar-refractivity contribution < 1.29 is 14.4 Å². The molecular weight excluding hydrogens is 386 g/mol. The standard InChI is InChI=1S/C22H33N3O3S/c1-22(2,3)21(28)25-12-10-15(11-13-25)19(26)23-24-20(27)18-14-16-8-6-4-5-7-9-17(16)29-18/h14-15H,4-13H2,1-3H3,(H,23,26)(H,24,27). The highest BCUT2D eigenvalue weighted by molar-refractivity contribution is 7.14. The van der Waals surface area contributed by atoms with E-state index in [9.17, 15) is 14.4 Å². The number of thiophene rings is 1. The topological polar surface area (TPSA) is 78.5 Å². The molecule has 0 bridgehead atoms. The van der Waals surface area contributed by atoms with Crippen LogP contribution in [0.15, 0.2) is 6.07 Å². The zero-order chi connectivity index (χ0) is 21.0. The molecule has 1 aliphatic carbocycles. The average molecular weight is 420 g/mol. The van der Waals surface area contributed by atoms with Crippen molar-refractivity contribution in [2.24, 2.45) is 11.3 Å². The van der Waals surface area contributed by atoms with Gasteiger partial charge in [0.15, 0.2) is 0 Å². The van der Waals surface area contributed by atoms with Gasteiger partial charge in [-0.1, -0.05) is 33.6 Å². The van der Waals surface area contributed by atoms with Crippen LogP contribution in [0.3, 0.4) is 0 Å². The number of rotatable bonds is 2. The van der Waals surface area contributed by atoms with E-state index in [2.05, 4.69) is 10.9 Å². The van der Waals surface area contributed by atoms with Crippen LogP contribution < -0.4 is 10.9 Å². The minimum absolute atomic E-state index is 0.123. The molecule has 3 rings (SSSR count). The average Bonchev–Trinajstić information content (AvgIpc) is 3.06. The summed E-state index contributed by atoms with van der Waals surface area (Å²) < 4.78 is 0. The molecule has 0 unspecified atom stereocenters. The summed E-state index contributed by atoms with van der Waals surface area (Å²) >= 11 is 1.55. The summed E-state index contributed by atoms with van der Waals surface area (Å²) in [7, 11) is 0. The van der Waals surface area contributed by atoms with Crippen molar-refractivity contribution >= 4 is 29.1 Å². The largest absolute Gasteiger partial charge is 0.342 e. The first-order valence-electron chi connectivity index (χ1n) is 10.8. The summed E-state index contributed by atoms with van der Waals surface area (Å²) in [6, 6.07) is 1.99. The van der Waals surface area contributed by atoms with E-state index in [1.54, 1.807) is 11.3 Å². The Morgan fingerprint density at radius 3 is 2.31 bits per heavy atom. The van der Waals surface area contributed by atoms with Gasteiger partial charge in [0.25, 0.3) is 5.91 Å². The number of aryl methyl sites for hydroxylation is 2. The fourth-order valence-corrected chi connectivity index (χ4v) is 5.21. The lowest BCUT2D eigenvalue weighted by Crippen LogP contribution is -2.49. The van der Waals surface area contributed by atoms with Crippen LogP contribution in [-0.2, 0) is 22.4 Å². The summed E-state index contributed by atoms with van der Waals surface area (Å²) in [5.74, 6) is -0.465. The van der Waals surface area contributed by atoms with E-state index < -0.39 is 5.41 Å². The van der Waals surface area contributed by atoms with E-state index in [4.69, 9.17) is 0 Å². The van der Waals surface area contributed by atoms with Gasteiger partial charge < -0.3 is 4.90 Å². The van der Waals surface area contributed by atoms with E-state index >= 15 is 0 Å². The highest BCUT2D eigenvalue weighted by Gasteiger charge is 2.32. The molecule has 1 aliphatic heterocycles. The Hall–Kier alpha value is -1.89. The summed E-state index contributed by atoms with van der Waals surface area (Å²) in [5.41, 5.74) is 6.07. The monoisotopic (exact) mass is 419 g/mol. The van der Waals surface area contributed by atoms with Crippen molar-refractivity contribution in [1.29, 1.82) is 0 Å². The third kappa shape index (κ3) is 5.59. The molecule has 2 aliphatic rings. The zero-order valence-corrected chi connectivity index (χ0v) is 18.6. The Kier molecular flexibility index (Phi) is 6.98. The number of carbonyl (C=O) groups is 3. The van der Waals surface area contributed by atoms with Gasteiger partial charge in [-0.15, -0.1) is 11.3 Å². The van der Waals surface area contributed by atoms with Gasteiger partial charge in [0.2, 0.25) is 11.8 Å². The summed E-state index contributed by atoms with van der Waals surface area (Å²) in [6.07, 6.45) is 8.21. The Balaban J connectivity index is 1.48. The van der Waals surface area contributed by atoms with Crippen LogP contribution >= 0.6 is 11.3 Å². The van der Waals surface area contributed by atoms with Crippen molar-refractivity contribution in [1.82, 2.24) is 15.8 Å². The first kappa shape index (κ1) is 21.8. The van der Waals surface area contributed by atoms with Crippen LogP contribution in [0.4, 0.5) is 0 Å². The van der Waals surface area contributed by atoms with Gasteiger partial charge in [0, 0.05) is 29.3 Å². The lowest BCUT2D eigenvalue weighted by atomic mass is 9.91. The predicted molar refractivity (Wildman–Crippen MR) is 115 cm³/mol. The minimum Gasteiger partial charge on any atom is -0.342 e. The molecule has 6 nitrogen and oxygen atoms in total. The molecule has 0 atom stereocenters. The van der Waals surface area contributed by atoms with E-state index in [1.165, 1.54) is 36.1 Å². The SMILES string of the molecule is CC(C)(C)C(=O)N1CCC(C(=O)NNC(=O)c2cc3c(s2)CCCCCC3)CC1. The van der Waals surface area contributed by atoms with Crippen LogP contribution in [0.1, 0.15) is 79.4 Å². The molecule has 160 valence electrons. The second-order valence-electron chi connectivity index (χ2n) is 9.23. The molecule has 1 saturated heterocycles. The number of hydrazine groups is 1. The fourth-order valence-electron chi connectivity index (χ4n) is 4.06. The van der Waals surface area contributed by atoms with Gasteiger partial charge in [0.05, 0.1) is 4.88 Å². The van der Waals surface area contributed by atoms with Gasteiger partial charge >= 0.3 is 0 Å². The molecule has 29 heavy (non-hydrogen) atoms. The Morgan fingerprint density at radius 1 is 1.00 bits per heavy atom. The van der Waals surface area contributed by atoms with Crippen molar-refractivity contribution in [3.05, 3.63) is 21.4 Å². The Bertz CT molecular complexity index is 732. The van der Waals surface area contributed by atoms with E-state index in [0.717, 1.165) is 12.8 Å². The first-order valence-corrected chi connectivity index (χ1v) is 11.6. The smallest absolute Gasteiger partial charge is 0.279 e. The lowest BCUT2D eigenvalue weighted by molar-refractivity contribution is -0.142. The lowest BCUT2D eigenvalue weighted by Gasteiger charge is -2.35. The summed E-state index contributed by atoms with van der Waals surface area (Å²) in [4.78, 5) is 41.2. The second kappa shape index (κ2) is 9.28. The molecule has 3 amide bonds. The maximum Gasteiger partial charge on any atom is 0.279 e. The minimum atomic E-state index is -0.402. The number of piperidine rings is 1. The normalized spacial score (nSPS) is 18.4. The molecule has 1 fully saturated rings. The van der Waals surface area contributed by atoms with E-state index in [-0.39, 0.29) is 23.6 Å². The number of nitrogens with zero attached hydrogens (tertiary/aromatic N) is 1. The molecule has 0 aromatic carbocycles. The van der Waals surface area contributed by atoms with Gasteiger partial charge in [-0.25, -0.2) is 0 Å². The molecule has 0 saturated carbocycles. The van der Waals surface area contributed by atoms with Crippen molar-refractivity contribution in [3.8, 4) is 0 Å². The van der Waals surface area contributed by atoms with Gasteiger partial charge in [-0.3, -0.25) is 25.2 Å². The molecule has 1 aromatic heterocycles. The van der Waals surface area contributed by atoms with Gasteiger partial charge in [-0.2, -0.15) is 0 Å². The molecule has 2 heterocycles. The molecular formula is C22H33N3O3S. The highest BCUT2D eigenvalue weighted by Crippen LogP contribution is 2.28. The van der Waals surface area contributed by atoms with Crippen LogP contribution in [0.5, 0.6) is 0 Å². The van der Waals surface area contributed by atoms with Crippen LogP contribution in [0.25, 0.3) is 0 Å². The Morgan fingerprint density at radius 2 is 1.66 bits per heavy atom. The zero-order valence-electron chi connectivity index (χ0n) is 17.8. The second-order valence-corrected chi connectivity index (χ2v) is 10.4. The number of amides is 3. The van der Waals surface area contributed by atoms with Crippen molar-refractivity contribution in [2.45, 2.75) is 72.1 Å². The number of fused-ring (bicyclic) bond motifs is 1. The van der Waals surface area contributed by atoms with Crippen LogP contribution in [0, 0.1) is 11.3 Å². The summed E-state index contributed by atoms with van der Waals surface area (Å²) in [6.45, 7) is 6.90. The third-order valence-corrected chi connectivity index (χ3v) is 7.05. The van der Waals surface area contributed by atoms with Gasteiger partial charge in [0.1, 0.15) is 0 Å². The Labute approximate surface area is 177 Å². The molecule has 0 radical (unpaired) electrons. The highest BCUT2D eigenvalue weighted by atomic mass is 32.1. The molecule has 2 N–H and O–H groups in total. The van der Waals surface area contributed by atoms with Crippen LogP contribution in [-0.4, -0.2) is 35.7 Å².